The first kappa shape index (κ1) is 18.3. The Morgan fingerprint density at radius 2 is 1.93 bits per heavy atom. The van der Waals surface area contributed by atoms with Gasteiger partial charge in [-0.2, -0.15) is 13.2 Å². The van der Waals surface area contributed by atoms with Crippen LogP contribution in [0.25, 0.3) is 0 Å². The molecule has 1 aliphatic heterocycles. The normalized spacial score (nSPS) is 13.3. The monoisotopic (exact) mass is 385 g/mol. The van der Waals surface area contributed by atoms with Crippen molar-refractivity contribution < 1.29 is 22.7 Å². The molecule has 0 spiro atoms. The summed E-state index contributed by atoms with van der Waals surface area (Å²) in [5.41, 5.74) is 2.20. The molecule has 0 amide bonds. The molecule has 28 heavy (non-hydrogen) atoms. The van der Waals surface area contributed by atoms with Crippen LogP contribution in [0.4, 0.5) is 13.2 Å². The number of benzene rings is 2. The molecule has 2 heterocycles. The topological polar surface area (TPSA) is 31.2 Å². The highest BCUT2D eigenvalue weighted by atomic mass is 19.4. The fourth-order valence-electron chi connectivity index (χ4n) is 3.44. The highest BCUT2D eigenvalue weighted by Gasteiger charge is 2.31. The number of aromatic nitrogens is 1. The number of hydrogen-bond acceptors (Lipinski definition) is 2. The maximum atomic E-state index is 13.0. The zero-order valence-corrected chi connectivity index (χ0v) is 15.2. The van der Waals surface area contributed by atoms with E-state index in [-0.39, 0.29) is 5.56 Å². The van der Waals surface area contributed by atoms with Gasteiger partial charge < -0.3 is 9.30 Å². The Balaban J connectivity index is 1.56. The maximum absolute atomic E-state index is 13.0. The molecule has 0 fully saturated rings. The number of carbonyl (C=O) groups is 1. The van der Waals surface area contributed by atoms with Crippen LogP contribution in [0.3, 0.4) is 0 Å². The minimum absolute atomic E-state index is 0.0380. The fraction of sp³-hybridized carbons (Fsp3) is 0.227. The summed E-state index contributed by atoms with van der Waals surface area (Å²) in [5, 5.41) is 0. The summed E-state index contributed by atoms with van der Waals surface area (Å²) in [5.74, 6) is 0.464. The average Bonchev–Trinajstić information content (AvgIpc) is 3.28. The predicted octanol–water partition coefficient (Wildman–Crippen LogP) is 5.03. The van der Waals surface area contributed by atoms with Crippen molar-refractivity contribution in [1.82, 2.24) is 4.57 Å². The Kier molecular flexibility index (Phi) is 4.49. The molecule has 0 saturated carbocycles. The number of hydrogen-bond donors (Lipinski definition) is 0. The second-order valence-corrected chi connectivity index (χ2v) is 7.03. The van der Waals surface area contributed by atoms with Gasteiger partial charge in [-0.25, -0.2) is 0 Å². The number of ketones is 1. The third-order valence-electron chi connectivity index (χ3n) is 4.81. The van der Waals surface area contributed by atoms with Gasteiger partial charge in [-0.1, -0.05) is 12.1 Å². The van der Waals surface area contributed by atoms with Gasteiger partial charge >= 0.3 is 6.18 Å². The first-order valence-electron chi connectivity index (χ1n) is 8.93. The Labute approximate surface area is 160 Å². The molecular formula is C22H18F3NO2. The van der Waals surface area contributed by atoms with Crippen LogP contribution in [0.5, 0.6) is 5.75 Å². The van der Waals surface area contributed by atoms with Gasteiger partial charge in [0.15, 0.2) is 5.78 Å². The molecule has 3 nitrogen and oxygen atoms in total. The summed E-state index contributed by atoms with van der Waals surface area (Å²) < 4.78 is 46.5. The quantitative estimate of drug-likeness (QED) is 0.590. The molecule has 0 radical (unpaired) electrons. The molecule has 1 aliphatic rings. The first-order valence-corrected chi connectivity index (χ1v) is 8.93. The second kappa shape index (κ2) is 6.86. The van der Waals surface area contributed by atoms with E-state index in [0.29, 0.717) is 24.3 Å². The molecule has 2 aromatic carbocycles. The molecule has 6 heteroatoms. The third kappa shape index (κ3) is 3.67. The Bertz CT molecular complexity index is 1050. The van der Waals surface area contributed by atoms with Crippen LogP contribution in [0.1, 0.15) is 38.2 Å². The molecule has 0 unspecified atom stereocenters. The van der Waals surface area contributed by atoms with Gasteiger partial charge in [-0.15, -0.1) is 0 Å². The Morgan fingerprint density at radius 3 is 2.71 bits per heavy atom. The van der Waals surface area contributed by atoms with Crippen molar-refractivity contribution in [2.24, 2.45) is 0 Å². The van der Waals surface area contributed by atoms with Gasteiger partial charge in [0.05, 0.1) is 12.2 Å². The molecule has 1 aromatic heterocycles. The number of ether oxygens (including phenoxy) is 1. The summed E-state index contributed by atoms with van der Waals surface area (Å²) in [6.45, 7) is 2.79. The van der Waals surface area contributed by atoms with E-state index in [0.717, 1.165) is 29.9 Å². The SMILES string of the molecule is Cc1cc(C(=O)c2ccn(Cc3ccc4c(c3)OCC4)c2)cc(C(F)(F)F)c1. The van der Waals surface area contributed by atoms with Gasteiger partial charge in [-0.05, 0) is 53.9 Å². The Morgan fingerprint density at radius 1 is 1.11 bits per heavy atom. The number of fused-ring (bicyclic) bond motifs is 1. The molecule has 0 atom stereocenters. The van der Waals surface area contributed by atoms with Crippen molar-refractivity contribution in [3.05, 3.63) is 88.2 Å². The fourth-order valence-corrected chi connectivity index (χ4v) is 3.44. The van der Waals surface area contributed by atoms with Crippen molar-refractivity contribution in [3.8, 4) is 5.75 Å². The van der Waals surface area contributed by atoms with E-state index in [1.165, 1.54) is 11.6 Å². The van der Waals surface area contributed by atoms with Gasteiger partial charge in [0.25, 0.3) is 0 Å². The lowest BCUT2D eigenvalue weighted by atomic mass is 10.0. The lowest BCUT2D eigenvalue weighted by Crippen LogP contribution is -2.09. The van der Waals surface area contributed by atoms with Crippen LogP contribution in [0, 0.1) is 6.92 Å². The van der Waals surface area contributed by atoms with E-state index >= 15 is 0 Å². The van der Waals surface area contributed by atoms with E-state index in [9.17, 15) is 18.0 Å². The van der Waals surface area contributed by atoms with E-state index in [4.69, 9.17) is 4.74 Å². The van der Waals surface area contributed by atoms with E-state index in [1.54, 1.807) is 25.4 Å². The number of nitrogens with zero attached hydrogens (tertiary/aromatic N) is 1. The average molecular weight is 385 g/mol. The molecule has 0 N–H and O–H groups in total. The number of halogens is 3. The standard InChI is InChI=1S/C22H18F3NO2/c1-14-8-18(11-19(9-14)22(23,24)25)21(27)17-4-6-26(13-17)12-15-2-3-16-5-7-28-20(16)10-15/h2-4,6,8-11,13H,5,7,12H2,1H3. The van der Waals surface area contributed by atoms with Crippen LogP contribution >= 0.6 is 0 Å². The van der Waals surface area contributed by atoms with Crippen molar-refractivity contribution in [1.29, 1.82) is 0 Å². The van der Waals surface area contributed by atoms with Gasteiger partial charge in [0.2, 0.25) is 0 Å². The van der Waals surface area contributed by atoms with Crippen LogP contribution in [0.2, 0.25) is 0 Å². The summed E-state index contributed by atoms with van der Waals surface area (Å²) >= 11 is 0. The maximum Gasteiger partial charge on any atom is 0.416 e. The molecule has 3 aromatic rings. The largest absolute Gasteiger partial charge is 0.493 e. The minimum Gasteiger partial charge on any atom is -0.493 e. The Hall–Kier alpha value is -3.02. The molecule has 0 aliphatic carbocycles. The van der Waals surface area contributed by atoms with Crippen molar-refractivity contribution in [2.75, 3.05) is 6.61 Å². The lowest BCUT2D eigenvalue weighted by Gasteiger charge is -2.10. The zero-order chi connectivity index (χ0) is 19.9. The van der Waals surface area contributed by atoms with Crippen LogP contribution in [-0.2, 0) is 19.1 Å². The highest BCUT2D eigenvalue weighted by molar-refractivity contribution is 6.09. The lowest BCUT2D eigenvalue weighted by molar-refractivity contribution is -0.137. The van der Waals surface area contributed by atoms with E-state index < -0.39 is 17.5 Å². The zero-order valence-electron chi connectivity index (χ0n) is 15.2. The first-order chi connectivity index (χ1) is 13.3. The number of carbonyl (C=O) groups excluding carboxylic acids is 1. The van der Waals surface area contributed by atoms with Crippen LogP contribution < -0.4 is 4.74 Å². The smallest absolute Gasteiger partial charge is 0.416 e. The van der Waals surface area contributed by atoms with Gasteiger partial charge in [0.1, 0.15) is 5.75 Å². The van der Waals surface area contributed by atoms with Gasteiger partial charge in [0, 0.05) is 36.5 Å². The summed E-state index contributed by atoms with van der Waals surface area (Å²) in [6, 6.07) is 11.1. The third-order valence-corrected chi connectivity index (χ3v) is 4.81. The molecule has 144 valence electrons. The molecular weight excluding hydrogens is 367 g/mol. The van der Waals surface area contributed by atoms with Crippen molar-refractivity contribution >= 4 is 5.78 Å². The number of alkyl halides is 3. The molecule has 0 saturated heterocycles. The van der Waals surface area contributed by atoms with Crippen LogP contribution in [0.15, 0.2) is 54.9 Å². The highest BCUT2D eigenvalue weighted by Crippen LogP contribution is 2.31. The molecule has 4 rings (SSSR count). The van der Waals surface area contributed by atoms with Gasteiger partial charge in [-0.3, -0.25) is 4.79 Å². The van der Waals surface area contributed by atoms with E-state index in [2.05, 4.69) is 0 Å². The predicted molar refractivity (Wildman–Crippen MR) is 98.8 cm³/mol. The number of rotatable bonds is 4. The summed E-state index contributed by atoms with van der Waals surface area (Å²) in [6.07, 6.45) is -0.162. The second-order valence-electron chi connectivity index (χ2n) is 7.03. The van der Waals surface area contributed by atoms with E-state index in [1.807, 2.05) is 22.8 Å². The summed E-state index contributed by atoms with van der Waals surface area (Å²) in [7, 11) is 0. The number of aryl methyl sites for hydroxylation is 1. The van der Waals surface area contributed by atoms with Crippen LogP contribution in [-0.4, -0.2) is 17.0 Å². The minimum atomic E-state index is -4.48. The summed E-state index contributed by atoms with van der Waals surface area (Å²) in [4.78, 5) is 12.7. The molecule has 0 bridgehead atoms. The van der Waals surface area contributed by atoms with Crippen molar-refractivity contribution in [3.63, 3.8) is 0 Å². The van der Waals surface area contributed by atoms with Crippen molar-refractivity contribution in [2.45, 2.75) is 26.1 Å².